The minimum atomic E-state index is 0.259. The Balaban J connectivity index is 1.33. The second kappa shape index (κ2) is 9.92. The summed E-state index contributed by atoms with van der Waals surface area (Å²) in [6.07, 6.45) is 4.26. The predicted molar refractivity (Wildman–Crippen MR) is 119 cm³/mol. The number of pyridine rings is 1. The number of benzene rings is 1. The van der Waals surface area contributed by atoms with Crippen molar-refractivity contribution in [1.82, 2.24) is 25.1 Å². The number of hydrogen-bond donors (Lipinski definition) is 3. The van der Waals surface area contributed by atoms with Crippen molar-refractivity contribution < 1.29 is 9.53 Å². The van der Waals surface area contributed by atoms with Crippen LogP contribution < -0.4 is 15.4 Å². The summed E-state index contributed by atoms with van der Waals surface area (Å²) in [6.45, 7) is 2.98. The van der Waals surface area contributed by atoms with Crippen molar-refractivity contribution in [3.8, 4) is 17.1 Å². The molecule has 2 aromatic heterocycles. The number of H-pyrrole nitrogens is 1. The van der Waals surface area contributed by atoms with Crippen molar-refractivity contribution in [1.29, 1.82) is 0 Å². The van der Waals surface area contributed by atoms with Gasteiger partial charge in [-0.3, -0.25) is 9.89 Å². The molecule has 0 atom stereocenters. The van der Waals surface area contributed by atoms with E-state index in [0.717, 1.165) is 55.2 Å². The zero-order valence-electron chi connectivity index (χ0n) is 17.6. The predicted octanol–water partition coefficient (Wildman–Crippen LogP) is 2.91. The first-order chi connectivity index (χ1) is 15.2. The van der Waals surface area contributed by atoms with Gasteiger partial charge < -0.3 is 20.3 Å². The Bertz CT molecular complexity index is 1000. The molecule has 0 unspecified atom stereocenters. The summed E-state index contributed by atoms with van der Waals surface area (Å²) in [7, 11) is 1.65. The number of aromatic nitrogens is 4. The highest BCUT2D eigenvalue weighted by Gasteiger charge is 2.19. The number of aromatic amines is 1. The first-order valence-electron chi connectivity index (χ1n) is 10.5. The fourth-order valence-electron chi connectivity index (χ4n) is 3.54. The number of hydrogen-bond acceptors (Lipinski definition) is 7. The number of carbonyl (C=O) groups excluding carboxylic acids is 1. The monoisotopic (exact) mass is 421 g/mol. The van der Waals surface area contributed by atoms with E-state index in [1.54, 1.807) is 13.3 Å². The quantitative estimate of drug-likeness (QED) is 0.432. The molecule has 3 heterocycles. The number of methoxy groups -OCH3 is 1. The molecule has 0 spiro atoms. The van der Waals surface area contributed by atoms with Crippen molar-refractivity contribution in [3.63, 3.8) is 0 Å². The largest absolute Gasteiger partial charge is 0.497 e. The van der Waals surface area contributed by atoms with E-state index >= 15 is 0 Å². The molecule has 9 nitrogen and oxygen atoms in total. The van der Waals surface area contributed by atoms with Gasteiger partial charge in [-0.15, -0.1) is 5.10 Å². The van der Waals surface area contributed by atoms with Crippen LogP contribution in [0.3, 0.4) is 0 Å². The Labute approximate surface area is 181 Å². The molecule has 0 aliphatic carbocycles. The van der Waals surface area contributed by atoms with Gasteiger partial charge in [-0.25, -0.2) is 4.98 Å². The molecule has 9 heteroatoms. The third kappa shape index (κ3) is 5.30. The first kappa shape index (κ1) is 20.6. The maximum Gasteiger partial charge on any atom is 0.242 e. The Morgan fingerprint density at radius 1 is 1.19 bits per heavy atom. The molecule has 162 valence electrons. The van der Waals surface area contributed by atoms with Gasteiger partial charge in [0.25, 0.3) is 0 Å². The van der Waals surface area contributed by atoms with Crippen molar-refractivity contribution in [2.45, 2.75) is 25.8 Å². The van der Waals surface area contributed by atoms with Crippen LogP contribution in [-0.4, -0.2) is 57.7 Å². The molecule has 4 rings (SSSR count). The lowest BCUT2D eigenvalue weighted by Crippen LogP contribution is -2.27. The van der Waals surface area contributed by atoms with Crippen LogP contribution in [0, 0.1) is 0 Å². The Hall–Kier alpha value is -3.62. The SMILES string of the molecule is COc1ccc(CNc2n[nH]c(-c3cccnc3NCCCN3CCCC3=O)n2)cc1. The average molecular weight is 422 g/mol. The fraction of sp³-hybridized carbons (Fsp3) is 0.364. The van der Waals surface area contributed by atoms with Gasteiger partial charge in [0.15, 0.2) is 5.82 Å². The smallest absolute Gasteiger partial charge is 0.242 e. The fourth-order valence-corrected chi connectivity index (χ4v) is 3.54. The van der Waals surface area contributed by atoms with Crippen molar-refractivity contribution in [2.24, 2.45) is 0 Å². The van der Waals surface area contributed by atoms with Gasteiger partial charge in [0.2, 0.25) is 11.9 Å². The number of anilines is 2. The topological polar surface area (TPSA) is 108 Å². The molecule has 0 saturated carbocycles. The van der Waals surface area contributed by atoms with Gasteiger partial charge in [-0.1, -0.05) is 12.1 Å². The summed E-state index contributed by atoms with van der Waals surface area (Å²) >= 11 is 0. The van der Waals surface area contributed by atoms with Crippen LogP contribution in [0.5, 0.6) is 5.75 Å². The molecule has 1 aliphatic heterocycles. The maximum absolute atomic E-state index is 11.7. The standard InChI is InChI=1S/C22H27N7O2/c1-31-17-9-7-16(8-10-17)15-25-22-26-21(27-28-22)18-5-2-11-23-20(18)24-12-4-14-29-13-3-6-19(29)30/h2,5,7-11H,3-4,6,12-15H2,1H3,(H,23,24)(H2,25,26,27,28). The van der Waals surface area contributed by atoms with Crippen LogP contribution in [0.4, 0.5) is 11.8 Å². The van der Waals surface area contributed by atoms with Crippen LogP contribution >= 0.6 is 0 Å². The number of amides is 1. The van der Waals surface area contributed by atoms with E-state index < -0.39 is 0 Å². The van der Waals surface area contributed by atoms with E-state index in [2.05, 4.69) is 30.8 Å². The van der Waals surface area contributed by atoms with Gasteiger partial charge in [0.05, 0.1) is 12.7 Å². The van der Waals surface area contributed by atoms with E-state index in [0.29, 0.717) is 24.7 Å². The summed E-state index contributed by atoms with van der Waals surface area (Å²) in [4.78, 5) is 22.6. The van der Waals surface area contributed by atoms with Crippen molar-refractivity contribution in [3.05, 3.63) is 48.2 Å². The van der Waals surface area contributed by atoms with E-state index in [4.69, 9.17) is 4.74 Å². The summed E-state index contributed by atoms with van der Waals surface area (Å²) in [6, 6.07) is 11.7. The van der Waals surface area contributed by atoms with Gasteiger partial charge in [-0.2, -0.15) is 4.98 Å². The number of likely N-dealkylation sites (tertiary alicyclic amines) is 1. The lowest BCUT2D eigenvalue weighted by molar-refractivity contribution is -0.127. The number of carbonyl (C=O) groups is 1. The summed E-state index contributed by atoms with van der Waals surface area (Å²) in [5.74, 6) is 2.99. The van der Waals surface area contributed by atoms with Crippen LogP contribution in [0.15, 0.2) is 42.6 Å². The zero-order valence-corrected chi connectivity index (χ0v) is 17.6. The normalized spacial score (nSPS) is 13.5. The average Bonchev–Trinajstić information content (AvgIpc) is 3.45. The third-order valence-electron chi connectivity index (χ3n) is 5.23. The molecule has 0 radical (unpaired) electrons. The van der Waals surface area contributed by atoms with Crippen LogP contribution in [-0.2, 0) is 11.3 Å². The maximum atomic E-state index is 11.7. The van der Waals surface area contributed by atoms with Crippen molar-refractivity contribution in [2.75, 3.05) is 37.4 Å². The number of nitrogens with one attached hydrogen (secondary N) is 3. The molecule has 1 amide bonds. The Kier molecular flexibility index (Phi) is 6.61. The molecule has 31 heavy (non-hydrogen) atoms. The number of ether oxygens (including phenoxy) is 1. The molecule has 1 aliphatic rings. The highest BCUT2D eigenvalue weighted by molar-refractivity contribution is 5.78. The molecular formula is C22H27N7O2. The Morgan fingerprint density at radius 3 is 2.84 bits per heavy atom. The Morgan fingerprint density at radius 2 is 2.06 bits per heavy atom. The first-order valence-corrected chi connectivity index (χ1v) is 10.5. The molecule has 3 N–H and O–H groups in total. The highest BCUT2D eigenvalue weighted by atomic mass is 16.5. The molecule has 1 saturated heterocycles. The highest BCUT2D eigenvalue weighted by Crippen LogP contribution is 2.23. The molecular weight excluding hydrogens is 394 g/mol. The zero-order chi connectivity index (χ0) is 21.5. The van der Waals surface area contributed by atoms with E-state index in [1.165, 1.54) is 0 Å². The molecule has 1 fully saturated rings. The van der Waals surface area contributed by atoms with Gasteiger partial charge >= 0.3 is 0 Å². The molecule has 1 aromatic carbocycles. The van der Waals surface area contributed by atoms with Crippen LogP contribution in [0.2, 0.25) is 0 Å². The van der Waals surface area contributed by atoms with Gasteiger partial charge in [0.1, 0.15) is 11.6 Å². The molecule has 3 aromatic rings. The number of nitrogens with zero attached hydrogens (tertiary/aromatic N) is 4. The minimum absolute atomic E-state index is 0.259. The van der Waals surface area contributed by atoms with E-state index in [9.17, 15) is 4.79 Å². The lowest BCUT2D eigenvalue weighted by atomic mass is 10.2. The van der Waals surface area contributed by atoms with Gasteiger partial charge in [0, 0.05) is 38.8 Å². The second-order valence-electron chi connectivity index (χ2n) is 7.37. The summed E-state index contributed by atoms with van der Waals surface area (Å²) < 4.78 is 5.18. The van der Waals surface area contributed by atoms with Gasteiger partial charge in [-0.05, 0) is 42.7 Å². The van der Waals surface area contributed by atoms with Crippen LogP contribution in [0.25, 0.3) is 11.4 Å². The van der Waals surface area contributed by atoms with Crippen molar-refractivity contribution >= 4 is 17.7 Å². The minimum Gasteiger partial charge on any atom is -0.497 e. The third-order valence-corrected chi connectivity index (χ3v) is 5.23. The van der Waals surface area contributed by atoms with Crippen LogP contribution in [0.1, 0.15) is 24.8 Å². The number of rotatable bonds is 10. The van der Waals surface area contributed by atoms with E-state index in [1.807, 2.05) is 41.3 Å². The molecule has 0 bridgehead atoms. The second-order valence-corrected chi connectivity index (χ2v) is 7.37. The van der Waals surface area contributed by atoms with E-state index in [-0.39, 0.29) is 5.91 Å². The lowest BCUT2D eigenvalue weighted by Gasteiger charge is -2.15. The summed E-state index contributed by atoms with van der Waals surface area (Å²) in [5.41, 5.74) is 1.96. The summed E-state index contributed by atoms with van der Waals surface area (Å²) in [5, 5.41) is 13.8.